The predicted octanol–water partition coefficient (Wildman–Crippen LogP) is 0.457. The fourth-order valence-corrected chi connectivity index (χ4v) is 4.33. The lowest BCUT2D eigenvalue weighted by Crippen LogP contribution is -3.05. The number of fused-ring (bicyclic) bond motifs is 2. The molecule has 0 saturated carbocycles. The summed E-state index contributed by atoms with van der Waals surface area (Å²) in [6.07, 6.45) is 0.848. The Bertz CT molecular complexity index is 846. The van der Waals surface area contributed by atoms with Crippen LogP contribution in [0.5, 0.6) is 0 Å². The van der Waals surface area contributed by atoms with Crippen LogP contribution in [-0.4, -0.2) is 37.7 Å². The number of nitriles is 1. The Morgan fingerprint density at radius 1 is 1.18 bits per heavy atom. The molecule has 1 aliphatic heterocycles. The van der Waals surface area contributed by atoms with Crippen molar-refractivity contribution in [3.63, 3.8) is 0 Å². The smallest absolute Gasteiger partial charge is 0.351 e. The van der Waals surface area contributed by atoms with Gasteiger partial charge >= 0.3 is 5.97 Å². The van der Waals surface area contributed by atoms with Gasteiger partial charge in [0.2, 0.25) is 0 Å². The summed E-state index contributed by atoms with van der Waals surface area (Å²) in [5.41, 5.74) is 3.12. The lowest BCUT2D eigenvalue weighted by atomic mass is 9.71. The molecule has 146 valence electrons. The molecule has 0 aromatic heterocycles. The highest BCUT2D eigenvalue weighted by Crippen LogP contribution is 2.45. The molecule has 28 heavy (non-hydrogen) atoms. The third kappa shape index (κ3) is 4.71. The van der Waals surface area contributed by atoms with Gasteiger partial charge in [0.1, 0.15) is 5.41 Å². The Labute approximate surface area is 168 Å². The maximum Gasteiger partial charge on any atom is 0.351 e. The van der Waals surface area contributed by atoms with Gasteiger partial charge in [0, 0.05) is 17.1 Å². The SMILES string of the molecule is C[NH+](C)CCC1(C#N)c2ccccc2CSc2ccccc21.O=C([O-])C(=O)O. The van der Waals surface area contributed by atoms with E-state index in [0.29, 0.717) is 0 Å². The average molecular weight is 398 g/mol. The number of benzene rings is 2. The van der Waals surface area contributed by atoms with Crippen LogP contribution in [0.15, 0.2) is 53.4 Å². The average Bonchev–Trinajstić information content (AvgIpc) is 2.82. The van der Waals surface area contributed by atoms with E-state index >= 15 is 0 Å². The minimum Gasteiger partial charge on any atom is -0.539 e. The zero-order valence-electron chi connectivity index (χ0n) is 15.8. The number of carbonyl (C=O) groups is 2. The minimum absolute atomic E-state index is 0.534. The molecule has 1 unspecified atom stereocenters. The summed E-state index contributed by atoms with van der Waals surface area (Å²) in [5.74, 6) is -3.07. The van der Waals surface area contributed by atoms with Crippen LogP contribution in [0.25, 0.3) is 0 Å². The van der Waals surface area contributed by atoms with E-state index in [-0.39, 0.29) is 0 Å². The van der Waals surface area contributed by atoms with Gasteiger partial charge in [0.25, 0.3) is 0 Å². The highest BCUT2D eigenvalue weighted by molar-refractivity contribution is 7.98. The third-order valence-corrected chi connectivity index (χ3v) is 5.69. The van der Waals surface area contributed by atoms with E-state index in [0.717, 1.165) is 18.7 Å². The number of nitrogens with zero attached hydrogens (tertiary/aromatic N) is 1. The quantitative estimate of drug-likeness (QED) is 0.728. The molecule has 1 atom stereocenters. The van der Waals surface area contributed by atoms with E-state index in [2.05, 4.69) is 68.7 Å². The van der Waals surface area contributed by atoms with Gasteiger partial charge in [-0.1, -0.05) is 42.5 Å². The summed E-state index contributed by atoms with van der Waals surface area (Å²) in [6, 6.07) is 19.6. The maximum absolute atomic E-state index is 10.2. The maximum atomic E-state index is 10.2. The summed E-state index contributed by atoms with van der Waals surface area (Å²) in [6.45, 7) is 0.973. The molecule has 0 saturated heterocycles. The van der Waals surface area contributed by atoms with Crippen molar-refractivity contribution < 1.29 is 24.7 Å². The topological polar surface area (TPSA) is 106 Å². The molecule has 0 amide bonds. The van der Waals surface area contributed by atoms with Crippen molar-refractivity contribution in [2.24, 2.45) is 0 Å². The molecular weight excluding hydrogens is 376 g/mol. The van der Waals surface area contributed by atoms with E-state index in [9.17, 15) is 5.26 Å². The second kappa shape index (κ2) is 9.40. The van der Waals surface area contributed by atoms with Crippen molar-refractivity contribution in [1.29, 1.82) is 5.26 Å². The second-order valence-electron chi connectivity index (χ2n) is 6.76. The number of carboxylic acids is 2. The van der Waals surface area contributed by atoms with Gasteiger partial charge in [-0.3, -0.25) is 0 Å². The highest BCUT2D eigenvalue weighted by atomic mass is 32.2. The first-order valence-electron chi connectivity index (χ1n) is 8.77. The van der Waals surface area contributed by atoms with Crippen molar-refractivity contribution in [2.45, 2.75) is 22.5 Å². The van der Waals surface area contributed by atoms with E-state index in [1.54, 1.807) is 0 Å². The molecule has 0 fully saturated rings. The van der Waals surface area contributed by atoms with Gasteiger partial charge in [-0.2, -0.15) is 5.26 Å². The number of thioether (sulfide) groups is 1. The predicted molar refractivity (Wildman–Crippen MR) is 104 cm³/mol. The van der Waals surface area contributed by atoms with E-state index in [1.807, 2.05) is 11.8 Å². The standard InChI is InChI=1S/C19H20N2S.C2H2O4/c1-21(2)12-11-19(14-20)16-8-4-3-7-15(16)13-22-18-10-6-5-9-17(18)19;3-1(4)2(5)6/h3-10H,11-13H2,1-2H3;(H,3,4)(H,5,6). The van der Waals surface area contributed by atoms with Crippen molar-refractivity contribution in [3.05, 3.63) is 65.2 Å². The Morgan fingerprint density at radius 3 is 2.32 bits per heavy atom. The fourth-order valence-electron chi connectivity index (χ4n) is 3.19. The summed E-state index contributed by atoms with van der Waals surface area (Å²) in [4.78, 5) is 20.6. The normalized spacial score (nSPS) is 17.2. The number of carbonyl (C=O) groups excluding carboxylic acids is 1. The van der Waals surface area contributed by atoms with Crippen LogP contribution in [0, 0.1) is 11.3 Å². The Balaban J connectivity index is 0.000000409. The molecule has 0 spiro atoms. The molecule has 2 aromatic rings. The summed E-state index contributed by atoms with van der Waals surface area (Å²) < 4.78 is 0. The molecule has 0 aliphatic carbocycles. The lowest BCUT2D eigenvalue weighted by molar-refractivity contribution is -0.858. The molecule has 0 bridgehead atoms. The van der Waals surface area contributed by atoms with Crippen molar-refractivity contribution in [3.8, 4) is 6.07 Å². The van der Waals surface area contributed by atoms with Gasteiger partial charge in [0.05, 0.1) is 26.7 Å². The van der Waals surface area contributed by atoms with Crippen LogP contribution >= 0.6 is 11.8 Å². The number of hydrogen-bond donors (Lipinski definition) is 2. The molecule has 3 rings (SSSR count). The van der Waals surface area contributed by atoms with E-state index < -0.39 is 17.4 Å². The minimum atomic E-state index is -2.07. The Morgan fingerprint density at radius 2 is 1.75 bits per heavy atom. The molecule has 2 aromatic carbocycles. The number of quaternary nitrogens is 1. The van der Waals surface area contributed by atoms with Crippen LogP contribution < -0.4 is 10.0 Å². The fraction of sp³-hybridized carbons (Fsp3) is 0.286. The monoisotopic (exact) mass is 398 g/mol. The Hall–Kier alpha value is -2.82. The summed E-state index contributed by atoms with van der Waals surface area (Å²) in [5, 5.41) is 26.5. The summed E-state index contributed by atoms with van der Waals surface area (Å²) >= 11 is 1.85. The number of aliphatic carboxylic acids is 2. The van der Waals surface area contributed by atoms with Crippen molar-refractivity contribution in [2.75, 3.05) is 20.6 Å². The van der Waals surface area contributed by atoms with E-state index in [1.165, 1.54) is 26.5 Å². The van der Waals surface area contributed by atoms with Crippen LogP contribution in [0.1, 0.15) is 23.1 Å². The van der Waals surface area contributed by atoms with Crippen LogP contribution in [0.3, 0.4) is 0 Å². The molecule has 0 radical (unpaired) electrons. The zero-order valence-corrected chi connectivity index (χ0v) is 16.6. The largest absolute Gasteiger partial charge is 0.539 e. The number of rotatable bonds is 3. The number of nitrogens with one attached hydrogen (secondary N) is 1. The van der Waals surface area contributed by atoms with Crippen LogP contribution in [0.4, 0.5) is 0 Å². The zero-order chi connectivity index (χ0) is 20.7. The second-order valence-corrected chi connectivity index (χ2v) is 7.78. The first-order chi connectivity index (χ1) is 13.3. The Kier molecular flexibility index (Phi) is 7.21. The first kappa shape index (κ1) is 21.5. The molecule has 1 aliphatic rings. The van der Waals surface area contributed by atoms with Crippen molar-refractivity contribution in [1.82, 2.24) is 0 Å². The van der Waals surface area contributed by atoms with Gasteiger partial charge in [-0.15, -0.1) is 11.8 Å². The molecule has 1 heterocycles. The third-order valence-electron chi connectivity index (χ3n) is 4.57. The first-order valence-corrected chi connectivity index (χ1v) is 9.75. The highest BCUT2D eigenvalue weighted by Gasteiger charge is 2.40. The van der Waals surface area contributed by atoms with Crippen molar-refractivity contribution >= 4 is 23.7 Å². The number of hydrogen-bond acceptors (Lipinski definition) is 5. The van der Waals surface area contributed by atoms with Gasteiger partial charge < -0.3 is 19.9 Å². The van der Waals surface area contributed by atoms with Crippen LogP contribution in [-0.2, 0) is 20.8 Å². The molecule has 7 heteroatoms. The number of carboxylic acid groups (broad SMARTS) is 2. The van der Waals surface area contributed by atoms with Gasteiger partial charge in [-0.05, 0) is 22.8 Å². The molecule has 6 nitrogen and oxygen atoms in total. The molecule has 2 N–H and O–H groups in total. The van der Waals surface area contributed by atoms with Gasteiger partial charge in [-0.25, -0.2) is 4.79 Å². The van der Waals surface area contributed by atoms with Gasteiger partial charge in [0.15, 0.2) is 5.97 Å². The van der Waals surface area contributed by atoms with E-state index in [4.69, 9.17) is 19.8 Å². The molecular formula is C21H22N2O4S. The lowest BCUT2D eigenvalue weighted by Gasteiger charge is -2.29. The van der Waals surface area contributed by atoms with Crippen LogP contribution in [0.2, 0.25) is 0 Å². The summed E-state index contributed by atoms with van der Waals surface area (Å²) in [7, 11) is 4.29.